The Bertz CT molecular complexity index is 972. The molecule has 0 N–H and O–H groups in total. The van der Waals surface area contributed by atoms with Crippen molar-refractivity contribution < 1.29 is 14.3 Å². The van der Waals surface area contributed by atoms with Gasteiger partial charge >= 0.3 is 5.97 Å². The predicted molar refractivity (Wildman–Crippen MR) is 128 cm³/mol. The zero-order valence-corrected chi connectivity index (χ0v) is 19.0. The lowest BCUT2D eigenvalue weighted by molar-refractivity contribution is -0.159. The summed E-state index contributed by atoms with van der Waals surface area (Å²) in [4.78, 5) is 14.8. The van der Waals surface area contributed by atoms with Crippen LogP contribution in [0.1, 0.15) is 45.1 Å². The summed E-state index contributed by atoms with van der Waals surface area (Å²) >= 11 is 0. The lowest BCUT2D eigenvalue weighted by Crippen LogP contribution is -2.29. The number of rotatable bonds is 9. The van der Waals surface area contributed by atoms with Gasteiger partial charge in [-0.15, -0.1) is 0 Å². The quantitative estimate of drug-likeness (QED) is 0.272. The Morgan fingerprint density at radius 1 is 0.938 bits per heavy atom. The van der Waals surface area contributed by atoms with Crippen LogP contribution in [0.2, 0.25) is 0 Å². The average Bonchev–Trinajstić information content (AvgIpc) is 3.64. The molecule has 3 aromatic rings. The summed E-state index contributed by atoms with van der Waals surface area (Å²) in [6.45, 7) is 6.60. The summed E-state index contributed by atoms with van der Waals surface area (Å²) in [5.74, 6) is 0.0861. The molecule has 0 spiro atoms. The average molecular weight is 430 g/mol. The van der Waals surface area contributed by atoms with Gasteiger partial charge in [0.1, 0.15) is 6.61 Å². The number of carbonyl (C=O) groups is 1. The second-order valence-corrected chi connectivity index (χ2v) is 8.96. The topological polar surface area (TPSA) is 42.1 Å². The molecular formula is C28H31NO3. The zero-order chi connectivity index (χ0) is 22.6. The van der Waals surface area contributed by atoms with Crippen molar-refractivity contribution in [2.45, 2.75) is 45.8 Å². The summed E-state index contributed by atoms with van der Waals surface area (Å²) < 4.78 is 10.4. The van der Waals surface area contributed by atoms with Crippen LogP contribution in [0.15, 0.2) is 84.9 Å². The summed E-state index contributed by atoms with van der Waals surface area (Å²) in [5.41, 5.74) is 4.01. The third-order valence-corrected chi connectivity index (χ3v) is 5.99. The normalized spacial score (nSPS) is 16.3. The molecule has 1 fully saturated rings. The van der Waals surface area contributed by atoms with Gasteiger partial charge in [0.25, 0.3) is 0 Å². The molecule has 0 saturated carbocycles. The van der Waals surface area contributed by atoms with Crippen LogP contribution in [0.4, 0.5) is 17.1 Å². The van der Waals surface area contributed by atoms with Crippen molar-refractivity contribution in [3.8, 4) is 0 Å². The Morgan fingerprint density at radius 2 is 1.44 bits per heavy atom. The first kappa shape index (κ1) is 22.1. The summed E-state index contributed by atoms with van der Waals surface area (Å²) in [7, 11) is 0. The first-order valence-corrected chi connectivity index (χ1v) is 11.3. The van der Waals surface area contributed by atoms with E-state index in [0.29, 0.717) is 6.61 Å². The molecule has 166 valence electrons. The van der Waals surface area contributed by atoms with Gasteiger partial charge in [0.2, 0.25) is 6.29 Å². The highest BCUT2D eigenvalue weighted by molar-refractivity contribution is 5.77. The van der Waals surface area contributed by atoms with E-state index in [-0.39, 0.29) is 18.2 Å². The molecule has 0 aliphatic carbocycles. The van der Waals surface area contributed by atoms with E-state index in [9.17, 15) is 4.79 Å². The van der Waals surface area contributed by atoms with Crippen molar-refractivity contribution >= 4 is 23.0 Å². The van der Waals surface area contributed by atoms with E-state index in [1.165, 1.54) is 5.56 Å². The summed E-state index contributed by atoms with van der Waals surface area (Å²) in [6.07, 6.45) is 1.34. The molecule has 4 nitrogen and oxygen atoms in total. The monoisotopic (exact) mass is 429 g/mol. The van der Waals surface area contributed by atoms with E-state index in [4.69, 9.17) is 9.47 Å². The third-order valence-electron chi connectivity index (χ3n) is 5.99. The maximum Gasteiger partial charge on any atom is 0.313 e. The van der Waals surface area contributed by atoms with Crippen LogP contribution in [0.3, 0.4) is 0 Å². The maximum atomic E-state index is 12.5. The van der Waals surface area contributed by atoms with Crippen LogP contribution in [0, 0.1) is 5.41 Å². The minimum atomic E-state index is -0.564. The number of carbonyl (C=O) groups excluding carboxylic acids is 1. The first-order valence-electron chi connectivity index (χ1n) is 11.3. The van der Waals surface area contributed by atoms with Crippen LogP contribution in [-0.4, -0.2) is 18.9 Å². The van der Waals surface area contributed by atoms with Crippen LogP contribution >= 0.6 is 0 Å². The molecule has 0 amide bonds. The van der Waals surface area contributed by atoms with E-state index in [0.717, 1.165) is 29.9 Å². The van der Waals surface area contributed by atoms with Gasteiger partial charge in [-0.25, -0.2) is 0 Å². The number of epoxide rings is 1. The van der Waals surface area contributed by atoms with Gasteiger partial charge in [-0.1, -0.05) is 55.5 Å². The number of nitrogens with zero attached hydrogens (tertiary/aromatic N) is 1. The van der Waals surface area contributed by atoms with Crippen LogP contribution in [-0.2, 0) is 14.3 Å². The molecule has 1 heterocycles. The predicted octanol–water partition coefficient (Wildman–Crippen LogP) is 6.97. The highest BCUT2D eigenvalue weighted by atomic mass is 16.8. The summed E-state index contributed by atoms with van der Waals surface area (Å²) in [5, 5.41) is 0. The van der Waals surface area contributed by atoms with Gasteiger partial charge in [-0.05, 0) is 74.6 Å². The fourth-order valence-corrected chi connectivity index (χ4v) is 4.08. The van der Waals surface area contributed by atoms with E-state index in [1.54, 1.807) is 0 Å². The SMILES string of the molecule is CCC(CC(C)(C)C(=O)OC1CO1)c1ccc(N(c2ccccc2)c2ccccc2)cc1. The highest BCUT2D eigenvalue weighted by Crippen LogP contribution is 2.38. The number of benzene rings is 3. The van der Waals surface area contributed by atoms with Crippen LogP contribution in [0.5, 0.6) is 0 Å². The molecule has 1 saturated heterocycles. The molecular weight excluding hydrogens is 398 g/mol. The molecule has 0 aromatic heterocycles. The fraction of sp³-hybridized carbons (Fsp3) is 0.321. The maximum absolute atomic E-state index is 12.5. The molecule has 2 unspecified atom stereocenters. The zero-order valence-electron chi connectivity index (χ0n) is 19.0. The van der Waals surface area contributed by atoms with Gasteiger partial charge in [0.15, 0.2) is 0 Å². The lowest BCUT2D eigenvalue weighted by Gasteiger charge is -2.28. The molecule has 4 heteroatoms. The Hall–Kier alpha value is -3.11. The molecule has 32 heavy (non-hydrogen) atoms. The number of ether oxygens (including phenoxy) is 2. The minimum Gasteiger partial charge on any atom is -0.433 e. The first-order chi connectivity index (χ1) is 15.5. The number of hydrogen-bond acceptors (Lipinski definition) is 4. The van der Waals surface area contributed by atoms with E-state index >= 15 is 0 Å². The van der Waals surface area contributed by atoms with Crippen molar-refractivity contribution in [2.75, 3.05) is 11.5 Å². The molecule has 0 radical (unpaired) electrons. The Morgan fingerprint density at radius 3 is 1.91 bits per heavy atom. The number of esters is 1. The summed E-state index contributed by atoms with van der Waals surface area (Å²) in [6, 6.07) is 29.5. The molecule has 1 aliphatic heterocycles. The van der Waals surface area contributed by atoms with Crippen molar-refractivity contribution in [1.29, 1.82) is 0 Å². The van der Waals surface area contributed by atoms with Crippen molar-refractivity contribution in [2.24, 2.45) is 5.41 Å². The number of para-hydroxylation sites is 2. The molecule has 0 bridgehead atoms. The smallest absolute Gasteiger partial charge is 0.313 e. The third kappa shape index (κ3) is 5.20. The van der Waals surface area contributed by atoms with Gasteiger partial charge in [-0.3, -0.25) is 4.79 Å². The standard InChI is InChI=1S/C28H31NO3/c1-4-21(19-28(2,3)27(30)32-26-20-31-26)22-15-17-25(18-16-22)29(23-11-7-5-8-12-23)24-13-9-6-10-14-24/h5-18,21,26H,4,19-20H2,1-3H3. The minimum absolute atomic E-state index is 0.186. The van der Waals surface area contributed by atoms with Gasteiger partial charge < -0.3 is 14.4 Å². The van der Waals surface area contributed by atoms with Crippen LogP contribution < -0.4 is 4.90 Å². The van der Waals surface area contributed by atoms with Crippen LogP contribution in [0.25, 0.3) is 0 Å². The Kier molecular flexibility index (Phi) is 6.61. The Balaban J connectivity index is 1.56. The van der Waals surface area contributed by atoms with Gasteiger partial charge in [0.05, 0.1) is 5.41 Å². The molecule has 3 aromatic carbocycles. The largest absolute Gasteiger partial charge is 0.433 e. The van der Waals surface area contributed by atoms with Crippen molar-refractivity contribution in [1.82, 2.24) is 0 Å². The van der Waals surface area contributed by atoms with E-state index in [1.807, 2.05) is 26.0 Å². The molecule has 4 rings (SSSR count). The molecule has 1 aliphatic rings. The van der Waals surface area contributed by atoms with E-state index < -0.39 is 5.41 Å². The van der Waals surface area contributed by atoms with Crippen molar-refractivity contribution in [3.05, 3.63) is 90.5 Å². The second-order valence-electron chi connectivity index (χ2n) is 8.96. The number of hydrogen-bond donors (Lipinski definition) is 0. The fourth-order valence-electron chi connectivity index (χ4n) is 4.08. The highest BCUT2D eigenvalue weighted by Gasteiger charge is 2.37. The lowest BCUT2D eigenvalue weighted by atomic mass is 9.79. The second kappa shape index (κ2) is 9.58. The molecule has 2 atom stereocenters. The van der Waals surface area contributed by atoms with Gasteiger partial charge in [0, 0.05) is 17.1 Å². The van der Waals surface area contributed by atoms with Crippen molar-refractivity contribution in [3.63, 3.8) is 0 Å². The van der Waals surface area contributed by atoms with Gasteiger partial charge in [-0.2, -0.15) is 0 Å². The Labute approximate surface area is 190 Å². The number of anilines is 3. The van der Waals surface area contributed by atoms with E-state index in [2.05, 4.69) is 84.6 Å².